The van der Waals surface area contributed by atoms with Crippen LogP contribution in [0.3, 0.4) is 0 Å². The molecule has 3 aromatic rings. The second-order valence-corrected chi connectivity index (χ2v) is 3.97. The molecule has 0 amide bonds. The molecule has 3 rings (SSSR count). The predicted octanol–water partition coefficient (Wildman–Crippen LogP) is 3.60. The molecule has 0 N–H and O–H groups in total. The van der Waals surface area contributed by atoms with Crippen molar-refractivity contribution in [2.75, 3.05) is 0 Å². The van der Waals surface area contributed by atoms with E-state index in [0.29, 0.717) is 10.6 Å². The summed E-state index contributed by atoms with van der Waals surface area (Å²) in [7, 11) is 0. The molecule has 2 aromatic carbocycles. The Bertz CT molecular complexity index is 744. The average Bonchev–Trinajstić information content (AvgIpc) is 2.28. The van der Waals surface area contributed by atoms with Crippen LogP contribution in [0.25, 0.3) is 21.7 Å². The van der Waals surface area contributed by atoms with Gasteiger partial charge in [-0.2, -0.15) is 0 Å². The molecule has 0 aliphatic rings. The lowest BCUT2D eigenvalue weighted by Crippen LogP contribution is -1.94. The Morgan fingerprint density at radius 2 is 1.69 bits per heavy atom. The fourth-order valence-corrected chi connectivity index (χ4v) is 2.12. The van der Waals surface area contributed by atoms with Gasteiger partial charge >= 0.3 is 5.63 Å². The van der Waals surface area contributed by atoms with E-state index in [-0.39, 0.29) is 5.63 Å². The van der Waals surface area contributed by atoms with Crippen LogP contribution in [0, 0.1) is 0 Å². The average molecular weight is 231 g/mol. The van der Waals surface area contributed by atoms with E-state index in [1.807, 2.05) is 24.3 Å². The zero-order valence-electron chi connectivity index (χ0n) is 8.24. The Balaban J connectivity index is 2.60. The number of fused-ring (bicyclic) bond motifs is 3. The third kappa shape index (κ3) is 1.31. The summed E-state index contributed by atoms with van der Waals surface area (Å²) in [6.07, 6.45) is 0. The van der Waals surface area contributed by atoms with Gasteiger partial charge in [-0.15, -0.1) is 0 Å². The number of benzene rings is 2. The second-order valence-electron chi connectivity index (χ2n) is 3.57. The molecule has 0 atom stereocenters. The molecule has 0 bridgehead atoms. The Hall–Kier alpha value is -1.80. The molecule has 16 heavy (non-hydrogen) atoms. The fraction of sp³-hybridized carbons (Fsp3) is 0. The van der Waals surface area contributed by atoms with Crippen molar-refractivity contribution in [3.8, 4) is 0 Å². The van der Waals surface area contributed by atoms with Gasteiger partial charge in [-0.1, -0.05) is 23.7 Å². The van der Waals surface area contributed by atoms with Crippen molar-refractivity contribution >= 4 is 33.3 Å². The van der Waals surface area contributed by atoms with Crippen molar-refractivity contribution in [1.82, 2.24) is 0 Å². The van der Waals surface area contributed by atoms with Crippen LogP contribution in [-0.4, -0.2) is 0 Å². The number of rotatable bonds is 0. The van der Waals surface area contributed by atoms with Crippen molar-refractivity contribution < 1.29 is 4.42 Å². The van der Waals surface area contributed by atoms with Crippen LogP contribution in [0.5, 0.6) is 0 Å². The van der Waals surface area contributed by atoms with Gasteiger partial charge < -0.3 is 4.42 Å². The van der Waals surface area contributed by atoms with E-state index in [1.54, 1.807) is 12.1 Å². The van der Waals surface area contributed by atoms with Crippen molar-refractivity contribution in [2.45, 2.75) is 0 Å². The maximum atomic E-state index is 11.1. The van der Waals surface area contributed by atoms with E-state index < -0.39 is 0 Å². The molecule has 0 aliphatic carbocycles. The minimum absolute atomic E-state index is 0.339. The predicted molar refractivity (Wildman–Crippen MR) is 65.0 cm³/mol. The highest BCUT2D eigenvalue weighted by atomic mass is 35.5. The molecule has 1 heterocycles. The Kier molecular flexibility index (Phi) is 1.98. The van der Waals surface area contributed by atoms with E-state index in [9.17, 15) is 4.79 Å². The zero-order chi connectivity index (χ0) is 11.1. The highest BCUT2D eigenvalue weighted by molar-refractivity contribution is 6.36. The van der Waals surface area contributed by atoms with Crippen LogP contribution < -0.4 is 5.63 Å². The Labute approximate surface area is 96.1 Å². The first kappa shape index (κ1) is 9.43. The molecule has 0 unspecified atom stereocenters. The summed E-state index contributed by atoms with van der Waals surface area (Å²) in [4.78, 5) is 11.1. The van der Waals surface area contributed by atoms with Gasteiger partial charge in [0, 0.05) is 21.9 Å². The second kappa shape index (κ2) is 3.35. The minimum Gasteiger partial charge on any atom is -0.423 e. The fourth-order valence-electron chi connectivity index (χ4n) is 1.88. The summed E-state index contributed by atoms with van der Waals surface area (Å²) in [6.45, 7) is 0. The van der Waals surface area contributed by atoms with Crippen LogP contribution in [0.4, 0.5) is 0 Å². The topological polar surface area (TPSA) is 30.2 Å². The van der Waals surface area contributed by atoms with Gasteiger partial charge in [-0.3, -0.25) is 0 Å². The van der Waals surface area contributed by atoms with E-state index in [0.717, 1.165) is 16.2 Å². The summed E-state index contributed by atoms with van der Waals surface area (Å²) < 4.78 is 5.11. The van der Waals surface area contributed by atoms with Crippen molar-refractivity contribution in [3.05, 3.63) is 57.9 Å². The van der Waals surface area contributed by atoms with E-state index in [1.165, 1.54) is 6.07 Å². The lowest BCUT2D eigenvalue weighted by atomic mass is 10.1. The summed E-state index contributed by atoms with van der Waals surface area (Å²) in [5.41, 5.74) is 0.246. The van der Waals surface area contributed by atoms with Crippen LogP contribution in [0.1, 0.15) is 0 Å². The van der Waals surface area contributed by atoms with Crippen LogP contribution in [-0.2, 0) is 0 Å². The molecule has 0 aliphatic heterocycles. The van der Waals surface area contributed by atoms with Crippen LogP contribution >= 0.6 is 11.6 Å². The van der Waals surface area contributed by atoms with Gasteiger partial charge in [-0.05, 0) is 29.7 Å². The molecule has 0 fully saturated rings. The van der Waals surface area contributed by atoms with E-state index >= 15 is 0 Å². The van der Waals surface area contributed by atoms with Crippen molar-refractivity contribution in [3.63, 3.8) is 0 Å². The molecule has 78 valence electrons. The largest absolute Gasteiger partial charge is 0.423 e. The number of hydrogen-bond donors (Lipinski definition) is 0. The first-order valence-corrected chi connectivity index (χ1v) is 5.24. The molecular weight excluding hydrogens is 224 g/mol. The lowest BCUT2D eigenvalue weighted by molar-refractivity contribution is 0.561. The number of halogens is 1. The molecule has 0 spiro atoms. The first-order valence-electron chi connectivity index (χ1n) is 4.87. The quantitative estimate of drug-likeness (QED) is 0.436. The standard InChI is InChI=1S/C13H7ClO2/c14-11-3-1-2-8-9(11)4-6-12-10(8)5-7-13(15)16-12/h1-7H. The molecule has 0 saturated heterocycles. The molecule has 0 saturated carbocycles. The molecule has 2 nitrogen and oxygen atoms in total. The van der Waals surface area contributed by atoms with E-state index in [2.05, 4.69) is 0 Å². The van der Waals surface area contributed by atoms with Crippen LogP contribution in [0.15, 0.2) is 51.7 Å². The Morgan fingerprint density at radius 3 is 2.56 bits per heavy atom. The smallest absolute Gasteiger partial charge is 0.336 e. The molecule has 1 aromatic heterocycles. The summed E-state index contributed by atoms with van der Waals surface area (Å²) in [5, 5.41) is 3.56. The van der Waals surface area contributed by atoms with Gasteiger partial charge in [0.25, 0.3) is 0 Å². The zero-order valence-corrected chi connectivity index (χ0v) is 8.99. The molecular formula is C13H7ClO2. The van der Waals surface area contributed by atoms with Gasteiger partial charge in [-0.25, -0.2) is 4.79 Å². The number of hydrogen-bond acceptors (Lipinski definition) is 2. The first-order chi connectivity index (χ1) is 7.75. The van der Waals surface area contributed by atoms with Gasteiger partial charge in [0.05, 0.1) is 0 Å². The van der Waals surface area contributed by atoms with Crippen LogP contribution in [0.2, 0.25) is 5.02 Å². The van der Waals surface area contributed by atoms with Gasteiger partial charge in [0.15, 0.2) is 0 Å². The minimum atomic E-state index is -0.339. The van der Waals surface area contributed by atoms with Crippen molar-refractivity contribution in [1.29, 1.82) is 0 Å². The lowest BCUT2D eigenvalue weighted by Gasteiger charge is -2.03. The third-order valence-electron chi connectivity index (χ3n) is 2.61. The maximum absolute atomic E-state index is 11.1. The van der Waals surface area contributed by atoms with Gasteiger partial charge in [0.2, 0.25) is 0 Å². The maximum Gasteiger partial charge on any atom is 0.336 e. The normalized spacial score (nSPS) is 11.1. The highest BCUT2D eigenvalue weighted by Gasteiger charge is 2.04. The van der Waals surface area contributed by atoms with Crippen molar-refractivity contribution in [2.24, 2.45) is 0 Å². The summed E-state index contributed by atoms with van der Waals surface area (Å²) in [6, 6.07) is 12.5. The summed E-state index contributed by atoms with van der Waals surface area (Å²) >= 11 is 6.10. The van der Waals surface area contributed by atoms with E-state index in [4.69, 9.17) is 16.0 Å². The Morgan fingerprint density at radius 1 is 0.875 bits per heavy atom. The monoisotopic (exact) mass is 230 g/mol. The third-order valence-corrected chi connectivity index (χ3v) is 2.94. The SMILES string of the molecule is O=c1ccc2c(ccc3c(Cl)cccc32)o1. The van der Waals surface area contributed by atoms with Gasteiger partial charge in [0.1, 0.15) is 5.58 Å². The summed E-state index contributed by atoms with van der Waals surface area (Å²) in [5.74, 6) is 0. The molecule has 0 radical (unpaired) electrons. The molecule has 3 heteroatoms. The highest BCUT2D eigenvalue weighted by Crippen LogP contribution is 2.29.